The smallest absolute Gasteiger partial charge is 0.0803 e. The Morgan fingerprint density at radius 1 is 1.36 bits per heavy atom. The van der Waals surface area contributed by atoms with Gasteiger partial charge in [0, 0.05) is 6.54 Å². The lowest BCUT2D eigenvalue weighted by atomic mass is 9.74. The van der Waals surface area contributed by atoms with Gasteiger partial charge in [-0.2, -0.15) is 0 Å². The van der Waals surface area contributed by atoms with Gasteiger partial charge in [-0.15, -0.1) is 0 Å². The molecule has 1 heterocycles. The molecule has 14 heavy (non-hydrogen) atoms. The highest BCUT2D eigenvalue weighted by Crippen LogP contribution is 2.35. The van der Waals surface area contributed by atoms with Crippen LogP contribution in [0.2, 0.25) is 0 Å². The Bertz CT molecular complexity index is 295. The Morgan fingerprint density at radius 2 is 2.00 bits per heavy atom. The van der Waals surface area contributed by atoms with E-state index in [2.05, 4.69) is 0 Å². The monoisotopic (exact) mass is 193 g/mol. The van der Waals surface area contributed by atoms with Crippen LogP contribution in [-0.2, 0) is 10.2 Å². The normalized spacial score (nSPS) is 21.3. The summed E-state index contributed by atoms with van der Waals surface area (Å²) in [4.78, 5) is 0. The first-order chi connectivity index (χ1) is 6.79. The van der Waals surface area contributed by atoms with Gasteiger partial charge in [-0.05, 0) is 5.56 Å². The van der Waals surface area contributed by atoms with E-state index in [4.69, 9.17) is 10.5 Å². The molecule has 1 aromatic carbocycles. The summed E-state index contributed by atoms with van der Waals surface area (Å²) in [7, 11) is 0. The van der Waals surface area contributed by atoms with E-state index in [0.717, 1.165) is 5.56 Å². The van der Waals surface area contributed by atoms with Crippen LogP contribution in [0.15, 0.2) is 30.3 Å². The average Bonchev–Trinajstić information content (AvgIpc) is 2.17. The molecule has 1 aliphatic heterocycles. The van der Waals surface area contributed by atoms with Gasteiger partial charge in [-0.1, -0.05) is 30.3 Å². The third-order valence-electron chi connectivity index (χ3n) is 2.93. The lowest BCUT2D eigenvalue weighted by molar-refractivity contribution is -0.116. The minimum absolute atomic E-state index is 0.268. The third kappa shape index (κ3) is 1.34. The van der Waals surface area contributed by atoms with E-state index in [-0.39, 0.29) is 12.0 Å². The van der Waals surface area contributed by atoms with E-state index < -0.39 is 6.10 Å². The number of aliphatic hydroxyl groups excluding tert-OH is 1. The van der Waals surface area contributed by atoms with Crippen molar-refractivity contribution in [3.8, 4) is 0 Å². The molecule has 0 amide bonds. The van der Waals surface area contributed by atoms with Crippen molar-refractivity contribution < 1.29 is 9.84 Å². The van der Waals surface area contributed by atoms with Crippen LogP contribution in [0.5, 0.6) is 0 Å². The van der Waals surface area contributed by atoms with Gasteiger partial charge in [0.1, 0.15) is 0 Å². The van der Waals surface area contributed by atoms with Crippen LogP contribution < -0.4 is 5.73 Å². The number of aliphatic hydroxyl groups is 1. The van der Waals surface area contributed by atoms with Crippen molar-refractivity contribution in [3.63, 3.8) is 0 Å². The standard InChI is InChI=1S/C11H15NO2/c12-6-10(13)11(7-14-8-11)9-4-2-1-3-5-9/h1-5,10,13H,6-8,12H2. The molecule has 3 N–H and O–H groups in total. The van der Waals surface area contributed by atoms with Crippen LogP contribution in [0.1, 0.15) is 5.56 Å². The molecular formula is C11H15NO2. The van der Waals surface area contributed by atoms with E-state index in [1.807, 2.05) is 30.3 Å². The molecule has 3 nitrogen and oxygen atoms in total. The predicted octanol–water partition coefficient (Wildman–Crippen LogP) is 0.274. The highest BCUT2D eigenvalue weighted by atomic mass is 16.5. The number of hydrogen-bond acceptors (Lipinski definition) is 3. The number of benzene rings is 1. The molecule has 1 fully saturated rings. The average molecular weight is 193 g/mol. The van der Waals surface area contributed by atoms with E-state index in [1.54, 1.807) is 0 Å². The molecule has 1 aliphatic rings. The van der Waals surface area contributed by atoms with E-state index in [0.29, 0.717) is 13.2 Å². The summed E-state index contributed by atoms with van der Waals surface area (Å²) in [5.74, 6) is 0. The van der Waals surface area contributed by atoms with Gasteiger partial charge in [0.25, 0.3) is 0 Å². The van der Waals surface area contributed by atoms with Gasteiger partial charge in [0.2, 0.25) is 0 Å². The fraction of sp³-hybridized carbons (Fsp3) is 0.455. The van der Waals surface area contributed by atoms with Gasteiger partial charge in [-0.25, -0.2) is 0 Å². The second kappa shape index (κ2) is 3.69. The second-order valence-electron chi connectivity index (χ2n) is 3.77. The Morgan fingerprint density at radius 3 is 2.43 bits per heavy atom. The molecule has 0 bridgehead atoms. The van der Waals surface area contributed by atoms with Crippen LogP contribution >= 0.6 is 0 Å². The summed E-state index contributed by atoms with van der Waals surface area (Å²) < 4.78 is 5.20. The summed E-state index contributed by atoms with van der Waals surface area (Å²) in [6, 6.07) is 9.94. The molecule has 3 heteroatoms. The summed E-state index contributed by atoms with van der Waals surface area (Å²) >= 11 is 0. The quantitative estimate of drug-likeness (QED) is 0.724. The molecule has 1 aromatic rings. The van der Waals surface area contributed by atoms with Gasteiger partial charge in [0.05, 0.1) is 24.7 Å². The Hall–Kier alpha value is -0.900. The van der Waals surface area contributed by atoms with Gasteiger partial charge in [0.15, 0.2) is 0 Å². The zero-order valence-corrected chi connectivity index (χ0v) is 8.02. The minimum Gasteiger partial charge on any atom is -0.391 e. The number of hydrogen-bond donors (Lipinski definition) is 2. The molecule has 0 aliphatic carbocycles. The molecule has 76 valence electrons. The van der Waals surface area contributed by atoms with Gasteiger partial charge >= 0.3 is 0 Å². The van der Waals surface area contributed by atoms with Crippen molar-refractivity contribution in [2.75, 3.05) is 19.8 Å². The molecular weight excluding hydrogens is 178 g/mol. The maximum atomic E-state index is 9.88. The Balaban J connectivity index is 2.29. The zero-order valence-electron chi connectivity index (χ0n) is 8.02. The molecule has 0 saturated carbocycles. The topological polar surface area (TPSA) is 55.5 Å². The van der Waals surface area contributed by atoms with Crippen LogP contribution in [0.3, 0.4) is 0 Å². The van der Waals surface area contributed by atoms with E-state index in [9.17, 15) is 5.11 Å². The largest absolute Gasteiger partial charge is 0.391 e. The fourth-order valence-corrected chi connectivity index (χ4v) is 1.87. The highest BCUT2D eigenvalue weighted by molar-refractivity contribution is 5.29. The summed E-state index contributed by atoms with van der Waals surface area (Å²) in [5.41, 5.74) is 6.35. The predicted molar refractivity (Wildman–Crippen MR) is 54.0 cm³/mol. The van der Waals surface area contributed by atoms with Crippen molar-refractivity contribution in [2.24, 2.45) is 5.73 Å². The highest BCUT2D eigenvalue weighted by Gasteiger charge is 2.45. The molecule has 1 atom stereocenters. The molecule has 0 aromatic heterocycles. The SMILES string of the molecule is NCC(O)C1(c2ccccc2)COC1. The molecule has 2 rings (SSSR count). The van der Waals surface area contributed by atoms with Crippen LogP contribution in [-0.4, -0.2) is 31.0 Å². The first-order valence-corrected chi connectivity index (χ1v) is 4.81. The first kappa shape index (κ1) is 9.65. The van der Waals surface area contributed by atoms with E-state index >= 15 is 0 Å². The van der Waals surface area contributed by atoms with Crippen molar-refractivity contribution in [1.82, 2.24) is 0 Å². The van der Waals surface area contributed by atoms with Crippen molar-refractivity contribution >= 4 is 0 Å². The van der Waals surface area contributed by atoms with Crippen LogP contribution in [0.4, 0.5) is 0 Å². The van der Waals surface area contributed by atoms with Crippen molar-refractivity contribution in [1.29, 1.82) is 0 Å². The maximum absolute atomic E-state index is 9.88. The number of ether oxygens (including phenoxy) is 1. The summed E-state index contributed by atoms with van der Waals surface area (Å²) in [6.07, 6.45) is -0.515. The molecule has 1 unspecified atom stereocenters. The molecule has 0 radical (unpaired) electrons. The van der Waals surface area contributed by atoms with Crippen LogP contribution in [0, 0.1) is 0 Å². The minimum atomic E-state index is -0.515. The zero-order chi connectivity index (χ0) is 10.0. The number of rotatable bonds is 3. The molecule has 1 saturated heterocycles. The second-order valence-corrected chi connectivity index (χ2v) is 3.77. The van der Waals surface area contributed by atoms with Crippen LogP contribution in [0.25, 0.3) is 0 Å². The maximum Gasteiger partial charge on any atom is 0.0803 e. The summed E-state index contributed by atoms with van der Waals surface area (Å²) in [6.45, 7) is 1.41. The Labute approximate surface area is 83.5 Å². The number of nitrogens with two attached hydrogens (primary N) is 1. The fourth-order valence-electron chi connectivity index (χ4n) is 1.87. The van der Waals surface area contributed by atoms with Gasteiger partial charge in [-0.3, -0.25) is 0 Å². The lowest BCUT2D eigenvalue weighted by Crippen LogP contribution is -2.57. The van der Waals surface area contributed by atoms with Crippen molar-refractivity contribution in [2.45, 2.75) is 11.5 Å². The molecule has 0 spiro atoms. The lowest BCUT2D eigenvalue weighted by Gasteiger charge is -2.45. The van der Waals surface area contributed by atoms with Crippen molar-refractivity contribution in [3.05, 3.63) is 35.9 Å². The Kier molecular flexibility index (Phi) is 2.54. The third-order valence-corrected chi connectivity index (χ3v) is 2.93. The summed E-state index contributed by atoms with van der Waals surface area (Å²) in [5, 5.41) is 9.88. The van der Waals surface area contributed by atoms with E-state index in [1.165, 1.54) is 0 Å². The first-order valence-electron chi connectivity index (χ1n) is 4.81. The van der Waals surface area contributed by atoms with Gasteiger partial charge < -0.3 is 15.6 Å².